The number of benzene rings is 3. The third-order valence-corrected chi connectivity index (χ3v) is 4.28. The third kappa shape index (κ3) is 4.25. The molecule has 0 spiro atoms. The monoisotopic (exact) mass is 393 g/mol. The molecule has 0 radical (unpaired) electrons. The lowest BCUT2D eigenvalue weighted by Gasteiger charge is -2.10. The molecular formula is C22H13ClFNO3. The van der Waals surface area contributed by atoms with Crippen LogP contribution in [0.1, 0.15) is 37.4 Å². The largest absolute Gasteiger partial charge is 0.457 e. The second-order valence-corrected chi connectivity index (χ2v) is 6.31. The van der Waals surface area contributed by atoms with E-state index in [1.54, 1.807) is 36.4 Å². The third-order valence-electron chi connectivity index (χ3n) is 4.03. The van der Waals surface area contributed by atoms with Crippen LogP contribution in [0, 0.1) is 17.1 Å². The first-order chi connectivity index (χ1) is 13.5. The fourth-order valence-electron chi connectivity index (χ4n) is 2.59. The highest BCUT2D eigenvalue weighted by atomic mass is 35.5. The van der Waals surface area contributed by atoms with E-state index in [4.69, 9.17) is 21.6 Å². The molecule has 0 bridgehead atoms. The summed E-state index contributed by atoms with van der Waals surface area (Å²) in [5.41, 5.74) is 0.942. The molecule has 3 aromatic carbocycles. The molecule has 0 saturated heterocycles. The van der Waals surface area contributed by atoms with Crippen molar-refractivity contribution < 1.29 is 18.7 Å². The van der Waals surface area contributed by atoms with Crippen LogP contribution in [0.15, 0.2) is 66.7 Å². The molecule has 0 unspecified atom stereocenters. The maximum atomic E-state index is 13.9. The summed E-state index contributed by atoms with van der Waals surface area (Å²) in [6.07, 6.45) is 0. The van der Waals surface area contributed by atoms with Gasteiger partial charge in [0.25, 0.3) is 0 Å². The first kappa shape index (κ1) is 19.3. The van der Waals surface area contributed by atoms with Crippen LogP contribution in [0.2, 0.25) is 5.02 Å². The molecule has 0 aromatic heterocycles. The van der Waals surface area contributed by atoms with Crippen molar-refractivity contribution in [1.29, 1.82) is 5.26 Å². The van der Waals surface area contributed by atoms with Gasteiger partial charge in [0.1, 0.15) is 12.4 Å². The second kappa shape index (κ2) is 8.47. The van der Waals surface area contributed by atoms with Gasteiger partial charge < -0.3 is 4.74 Å². The number of ketones is 1. The average Bonchev–Trinajstić information content (AvgIpc) is 2.73. The molecule has 3 aromatic rings. The molecule has 0 fully saturated rings. The summed E-state index contributed by atoms with van der Waals surface area (Å²) in [5, 5.41) is 9.40. The Hall–Kier alpha value is -3.49. The number of esters is 1. The topological polar surface area (TPSA) is 67.2 Å². The summed E-state index contributed by atoms with van der Waals surface area (Å²) in [6, 6.07) is 18.2. The minimum Gasteiger partial charge on any atom is -0.457 e. The number of hydrogen-bond acceptors (Lipinski definition) is 4. The van der Waals surface area contributed by atoms with Crippen molar-refractivity contribution in [1.82, 2.24) is 0 Å². The molecule has 28 heavy (non-hydrogen) atoms. The molecule has 4 nitrogen and oxygen atoms in total. The molecule has 0 aliphatic heterocycles. The Morgan fingerprint density at radius 1 is 1.00 bits per heavy atom. The summed E-state index contributed by atoms with van der Waals surface area (Å²) in [7, 11) is 0. The van der Waals surface area contributed by atoms with E-state index in [1.807, 2.05) is 6.07 Å². The van der Waals surface area contributed by atoms with Crippen LogP contribution in [0.25, 0.3) is 0 Å². The minimum atomic E-state index is -0.764. The Morgan fingerprint density at radius 2 is 1.68 bits per heavy atom. The molecule has 138 valence electrons. The van der Waals surface area contributed by atoms with E-state index in [0.717, 1.165) is 6.07 Å². The van der Waals surface area contributed by atoms with Crippen LogP contribution < -0.4 is 0 Å². The standard InChI is InChI=1S/C22H13ClFNO3/c23-17-8-6-15(7-9-17)21(26)18-3-1-2-4-19(18)22(27)28-13-16-11-14(12-25)5-10-20(16)24/h1-11H,13H2. The zero-order chi connectivity index (χ0) is 20.1. The van der Waals surface area contributed by atoms with E-state index in [2.05, 4.69) is 0 Å². The highest BCUT2D eigenvalue weighted by molar-refractivity contribution is 6.30. The Balaban J connectivity index is 1.82. The molecule has 0 amide bonds. The van der Waals surface area contributed by atoms with Gasteiger partial charge >= 0.3 is 5.97 Å². The molecule has 6 heteroatoms. The smallest absolute Gasteiger partial charge is 0.339 e. The van der Waals surface area contributed by atoms with Gasteiger partial charge in [-0.1, -0.05) is 29.8 Å². The summed E-state index contributed by atoms with van der Waals surface area (Å²) in [6.45, 7) is -0.357. The number of ether oxygens (including phenoxy) is 1. The van der Waals surface area contributed by atoms with Gasteiger partial charge in [-0.3, -0.25) is 4.79 Å². The molecule has 0 aliphatic rings. The molecule has 0 aliphatic carbocycles. The van der Waals surface area contributed by atoms with Crippen molar-refractivity contribution in [2.75, 3.05) is 0 Å². The van der Waals surface area contributed by atoms with Gasteiger partial charge in [0, 0.05) is 21.7 Å². The molecule has 0 saturated carbocycles. The molecule has 3 rings (SSSR count). The maximum Gasteiger partial charge on any atom is 0.339 e. The van der Waals surface area contributed by atoms with Crippen LogP contribution in [-0.2, 0) is 11.3 Å². The molecule has 0 heterocycles. The Labute approximate surface area is 165 Å². The van der Waals surface area contributed by atoms with Crippen molar-refractivity contribution in [2.45, 2.75) is 6.61 Å². The Morgan fingerprint density at radius 3 is 2.36 bits per heavy atom. The van der Waals surface area contributed by atoms with E-state index < -0.39 is 11.8 Å². The van der Waals surface area contributed by atoms with Crippen LogP contribution >= 0.6 is 11.6 Å². The lowest BCUT2D eigenvalue weighted by Crippen LogP contribution is -2.13. The van der Waals surface area contributed by atoms with Gasteiger partial charge in [-0.15, -0.1) is 0 Å². The van der Waals surface area contributed by atoms with Gasteiger partial charge in [-0.2, -0.15) is 5.26 Å². The normalized spacial score (nSPS) is 10.2. The highest BCUT2D eigenvalue weighted by Gasteiger charge is 2.19. The Bertz CT molecular complexity index is 1090. The van der Waals surface area contributed by atoms with Gasteiger partial charge in [0.15, 0.2) is 5.78 Å². The lowest BCUT2D eigenvalue weighted by atomic mass is 9.98. The van der Waals surface area contributed by atoms with Crippen molar-refractivity contribution in [3.8, 4) is 6.07 Å². The fourth-order valence-corrected chi connectivity index (χ4v) is 2.72. The molecular weight excluding hydrogens is 381 g/mol. The van der Waals surface area contributed by atoms with E-state index in [9.17, 15) is 14.0 Å². The Kier molecular flexibility index (Phi) is 5.83. The number of hydrogen-bond donors (Lipinski definition) is 0. The van der Waals surface area contributed by atoms with Crippen molar-refractivity contribution in [2.24, 2.45) is 0 Å². The maximum absolute atomic E-state index is 13.9. The van der Waals surface area contributed by atoms with Gasteiger partial charge in [-0.05, 0) is 48.5 Å². The number of nitriles is 1. The molecule has 0 N–H and O–H groups in total. The summed E-state index contributed by atoms with van der Waals surface area (Å²) in [4.78, 5) is 25.3. The fraction of sp³-hybridized carbons (Fsp3) is 0.0455. The van der Waals surface area contributed by atoms with Crippen LogP contribution in [-0.4, -0.2) is 11.8 Å². The van der Waals surface area contributed by atoms with Gasteiger partial charge in [-0.25, -0.2) is 9.18 Å². The molecule has 0 atom stereocenters. The first-order valence-electron chi connectivity index (χ1n) is 8.24. The van der Waals surface area contributed by atoms with Crippen LogP contribution in [0.3, 0.4) is 0 Å². The van der Waals surface area contributed by atoms with Crippen molar-refractivity contribution >= 4 is 23.4 Å². The minimum absolute atomic E-state index is 0.0688. The SMILES string of the molecule is N#Cc1ccc(F)c(COC(=O)c2ccccc2C(=O)c2ccc(Cl)cc2)c1. The quantitative estimate of drug-likeness (QED) is 0.455. The summed E-state index contributed by atoms with van der Waals surface area (Å²) in [5.74, 6) is -1.71. The lowest BCUT2D eigenvalue weighted by molar-refractivity contribution is 0.0466. The van der Waals surface area contributed by atoms with Gasteiger partial charge in [0.05, 0.1) is 17.2 Å². The number of rotatable bonds is 5. The van der Waals surface area contributed by atoms with Gasteiger partial charge in [0.2, 0.25) is 0 Å². The number of carbonyl (C=O) groups excluding carboxylic acids is 2. The van der Waals surface area contributed by atoms with Crippen molar-refractivity contribution in [3.63, 3.8) is 0 Å². The average molecular weight is 394 g/mol. The predicted molar refractivity (Wildman–Crippen MR) is 102 cm³/mol. The van der Waals surface area contributed by atoms with E-state index in [-0.39, 0.29) is 34.6 Å². The van der Waals surface area contributed by atoms with E-state index >= 15 is 0 Å². The number of carbonyl (C=O) groups is 2. The highest BCUT2D eigenvalue weighted by Crippen LogP contribution is 2.19. The van der Waals surface area contributed by atoms with Crippen molar-refractivity contribution in [3.05, 3.63) is 105 Å². The number of halogens is 2. The predicted octanol–water partition coefficient (Wildman–Crippen LogP) is 4.94. The van der Waals surface area contributed by atoms with Crippen LogP contribution in [0.5, 0.6) is 0 Å². The zero-order valence-corrected chi connectivity index (χ0v) is 15.2. The van der Waals surface area contributed by atoms with E-state index in [1.165, 1.54) is 24.3 Å². The summed E-state index contributed by atoms with van der Waals surface area (Å²) < 4.78 is 19.0. The second-order valence-electron chi connectivity index (χ2n) is 5.88. The van der Waals surface area contributed by atoms with Crippen LogP contribution in [0.4, 0.5) is 4.39 Å². The number of nitrogens with zero attached hydrogens (tertiary/aromatic N) is 1. The van der Waals surface area contributed by atoms with E-state index in [0.29, 0.717) is 10.6 Å². The summed E-state index contributed by atoms with van der Waals surface area (Å²) >= 11 is 5.84. The zero-order valence-electron chi connectivity index (χ0n) is 14.5. The first-order valence-corrected chi connectivity index (χ1v) is 8.62.